The summed E-state index contributed by atoms with van der Waals surface area (Å²) in [5, 5.41) is 16.1. The minimum absolute atomic E-state index is 0.0159. The van der Waals surface area contributed by atoms with Gasteiger partial charge in [0.05, 0.1) is 6.21 Å². The van der Waals surface area contributed by atoms with Gasteiger partial charge < -0.3 is 26.3 Å². The van der Waals surface area contributed by atoms with E-state index in [-0.39, 0.29) is 31.7 Å². The topological polar surface area (TPSA) is 157 Å². The number of hydrogen-bond donors (Lipinski definition) is 5. The number of carbonyl (C=O) groups is 4. The zero-order valence-electron chi connectivity index (χ0n) is 19.3. The van der Waals surface area contributed by atoms with E-state index < -0.39 is 29.7 Å². The third-order valence-electron chi connectivity index (χ3n) is 5.48. The van der Waals surface area contributed by atoms with Gasteiger partial charge in [-0.25, -0.2) is 0 Å². The lowest BCUT2D eigenvalue weighted by atomic mass is 10.0. The Morgan fingerprint density at radius 2 is 1.77 bits per heavy atom. The van der Waals surface area contributed by atoms with E-state index in [0.29, 0.717) is 6.21 Å². The Bertz CT molecular complexity index is 1210. The Morgan fingerprint density at radius 3 is 2.49 bits per heavy atom. The maximum atomic E-state index is 13.2. The van der Waals surface area contributed by atoms with Crippen LogP contribution in [0.2, 0.25) is 0 Å². The molecule has 3 amide bonds. The first-order valence-corrected chi connectivity index (χ1v) is 11.2. The molecule has 2 heterocycles. The van der Waals surface area contributed by atoms with Gasteiger partial charge in [-0.3, -0.25) is 24.2 Å². The first-order chi connectivity index (χ1) is 16.9. The average molecular weight is 477 g/mol. The maximum absolute atomic E-state index is 13.2. The number of Topliss-reactive ketones (excluding diaryl/α,β-unsaturated/α-hetero) is 1. The number of hydrogen-bond acceptors (Lipinski definition) is 6. The number of benzene rings is 1. The van der Waals surface area contributed by atoms with Crippen molar-refractivity contribution in [3.8, 4) is 0 Å². The second kappa shape index (κ2) is 12.2. The molecule has 10 heteroatoms. The van der Waals surface area contributed by atoms with Crippen LogP contribution in [0.25, 0.3) is 10.9 Å². The highest BCUT2D eigenvalue weighted by Crippen LogP contribution is 2.19. The summed E-state index contributed by atoms with van der Waals surface area (Å²) in [6.45, 7) is 1.54. The summed E-state index contributed by atoms with van der Waals surface area (Å²) in [4.78, 5) is 56.6. The van der Waals surface area contributed by atoms with Crippen LogP contribution in [0.3, 0.4) is 0 Å². The zero-order valence-corrected chi connectivity index (χ0v) is 19.3. The molecule has 0 aliphatic rings. The van der Waals surface area contributed by atoms with Gasteiger partial charge in [0, 0.05) is 55.8 Å². The largest absolute Gasteiger partial charge is 0.361 e. The number of ketones is 1. The van der Waals surface area contributed by atoms with Crippen molar-refractivity contribution < 1.29 is 19.2 Å². The highest BCUT2D eigenvalue weighted by Gasteiger charge is 2.27. The molecule has 10 nitrogen and oxygen atoms in total. The first-order valence-electron chi connectivity index (χ1n) is 11.2. The number of para-hydroxylation sites is 1. The second-order valence-corrected chi connectivity index (χ2v) is 8.10. The van der Waals surface area contributed by atoms with E-state index in [4.69, 9.17) is 5.41 Å². The summed E-state index contributed by atoms with van der Waals surface area (Å²) >= 11 is 0. The minimum atomic E-state index is -1.02. The van der Waals surface area contributed by atoms with Crippen LogP contribution in [-0.4, -0.2) is 51.8 Å². The molecule has 3 aromatic rings. The molecule has 0 saturated carbocycles. The maximum Gasteiger partial charge on any atom is 0.243 e. The van der Waals surface area contributed by atoms with Gasteiger partial charge in [0.25, 0.3) is 0 Å². The average Bonchev–Trinajstić information content (AvgIpc) is 3.27. The highest BCUT2D eigenvalue weighted by atomic mass is 16.2. The number of H-pyrrole nitrogens is 1. The van der Waals surface area contributed by atoms with Gasteiger partial charge in [0.1, 0.15) is 12.1 Å². The number of aromatic amines is 1. The van der Waals surface area contributed by atoms with Gasteiger partial charge in [0.15, 0.2) is 5.78 Å². The van der Waals surface area contributed by atoms with Crippen LogP contribution in [0.15, 0.2) is 55.0 Å². The Labute approximate surface area is 202 Å². The van der Waals surface area contributed by atoms with Gasteiger partial charge in [-0.05, 0) is 35.7 Å². The highest BCUT2D eigenvalue weighted by molar-refractivity contribution is 6.26. The number of amides is 3. The van der Waals surface area contributed by atoms with Crippen LogP contribution in [0.5, 0.6) is 0 Å². The molecule has 2 aromatic heterocycles. The normalized spacial score (nSPS) is 12.4. The number of nitrogens with zero attached hydrogens (tertiary/aromatic N) is 1. The van der Waals surface area contributed by atoms with Crippen molar-refractivity contribution in [3.05, 3.63) is 66.1 Å². The number of aromatic nitrogens is 2. The predicted molar refractivity (Wildman–Crippen MR) is 131 cm³/mol. The molecule has 0 fully saturated rings. The van der Waals surface area contributed by atoms with Crippen molar-refractivity contribution in [2.24, 2.45) is 0 Å². The molecular weight excluding hydrogens is 448 g/mol. The number of nitrogens with one attached hydrogen (secondary N) is 5. The first kappa shape index (κ1) is 25.3. The number of pyridine rings is 1. The molecule has 0 aliphatic carbocycles. The van der Waals surface area contributed by atoms with Crippen LogP contribution in [-0.2, 0) is 32.1 Å². The third kappa shape index (κ3) is 7.32. The van der Waals surface area contributed by atoms with Crippen LogP contribution >= 0.6 is 0 Å². The molecule has 35 heavy (non-hydrogen) atoms. The standard InChI is InChI=1S/C25H28N6O4/c1-16(32)30-23(12-18-15-28-21-5-3-2-4-20(18)21)25(35)31-22(7-6-19(33)13-26)24(34)29-14-17-8-10-27-11-9-17/h2-5,8-11,13,15,22-23,26,28H,6-7,12,14H2,1H3,(H,29,34)(H,30,32)(H,31,35)/t22-,23-/m0/s1. The fourth-order valence-electron chi connectivity index (χ4n) is 3.69. The fourth-order valence-corrected chi connectivity index (χ4v) is 3.69. The van der Waals surface area contributed by atoms with Gasteiger partial charge in [0.2, 0.25) is 17.7 Å². The fraction of sp³-hybridized carbons (Fsp3) is 0.280. The van der Waals surface area contributed by atoms with E-state index in [0.717, 1.165) is 22.0 Å². The summed E-state index contributed by atoms with van der Waals surface area (Å²) in [7, 11) is 0. The molecule has 3 rings (SSSR count). The summed E-state index contributed by atoms with van der Waals surface area (Å²) in [5.41, 5.74) is 2.57. The predicted octanol–water partition coefficient (Wildman–Crippen LogP) is 1.41. The van der Waals surface area contributed by atoms with E-state index in [2.05, 4.69) is 25.9 Å². The van der Waals surface area contributed by atoms with Gasteiger partial charge >= 0.3 is 0 Å². The van der Waals surface area contributed by atoms with Gasteiger partial charge in [-0.15, -0.1) is 0 Å². The molecule has 0 spiro atoms. The van der Waals surface area contributed by atoms with Gasteiger partial charge in [-0.2, -0.15) is 0 Å². The quantitative estimate of drug-likeness (QED) is 0.250. The molecular formula is C25H28N6O4. The monoisotopic (exact) mass is 476 g/mol. The summed E-state index contributed by atoms with van der Waals surface area (Å²) in [6, 6.07) is 9.16. The zero-order chi connectivity index (χ0) is 25.2. The van der Waals surface area contributed by atoms with Crippen molar-refractivity contribution in [3.63, 3.8) is 0 Å². The van der Waals surface area contributed by atoms with Crippen LogP contribution in [0.4, 0.5) is 0 Å². The van der Waals surface area contributed by atoms with E-state index in [1.165, 1.54) is 6.92 Å². The molecule has 0 bridgehead atoms. The Balaban J connectivity index is 1.74. The lowest BCUT2D eigenvalue weighted by molar-refractivity contribution is -0.132. The molecule has 182 valence electrons. The summed E-state index contributed by atoms with van der Waals surface area (Å²) in [5.74, 6) is -1.86. The minimum Gasteiger partial charge on any atom is -0.361 e. The van der Waals surface area contributed by atoms with Crippen molar-refractivity contribution in [1.29, 1.82) is 5.41 Å². The summed E-state index contributed by atoms with van der Waals surface area (Å²) < 4.78 is 0. The van der Waals surface area contributed by atoms with Gasteiger partial charge in [-0.1, -0.05) is 18.2 Å². The van der Waals surface area contributed by atoms with Crippen molar-refractivity contribution in [1.82, 2.24) is 25.9 Å². The van der Waals surface area contributed by atoms with Crippen molar-refractivity contribution >= 4 is 40.6 Å². The smallest absolute Gasteiger partial charge is 0.243 e. The Kier molecular flexibility index (Phi) is 8.82. The molecule has 0 unspecified atom stereocenters. The van der Waals surface area contributed by atoms with E-state index in [1.54, 1.807) is 30.7 Å². The third-order valence-corrected chi connectivity index (χ3v) is 5.48. The molecule has 0 radical (unpaired) electrons. The van der Waals surface area contributed by atoms with Crippen LogP contribution in [0.1, 0.15) is 30.9 Å². The lowest BCUT2D eigenvalue weighted by Gasteiger charge is -2.23. The number of rotatable bonds is 12. The molecule has 5 N–H and O–H groups in total. The number of fused-ring (bicyclic) bond motifs is 1. The van der Waals surface area contributed by atoms with E-state index in [1.807, 2.05) is 24.3 Å². The van der Waals surface area contributed by atoms with Crippen LogP contribution in [0, 0.1) is 5.41 Å². The summed E-state index contributed by atoms with van der Waals surface area (Å²) in [6.07, 6.45) is 5.82. The SMILES string of the molecule is CC(=O)N[C@@H](Cc1c[nH]c2ccccc12)C(=O)N[C@@H](CCC(=O)C=N)C(=O)NCc1ccncc1. The van der Waals surface area contributed by atoms with E-state index >= 15 is 0 Å². The molecule has 0 saturated heterocycles. The molecule has 0 aliphatic heterocycles. The molecule has 1 aromatic carbocycles. The second-order valence-electron chi connectivity index (χ2n) is 8.10. The lowest BCUT2D eigenvalue weighted by Crippen LogP contribution is -2.54. The molecule has 2 atom stereocenters. The van der Waals surface area contributed by atoms with Crippen LogP contribution < -0.4 is 16.0 Å². The van der Waals surface area contributed by atoms with E-state index in [9.17, 15) is 19.2 Å². The van der Waals surface area contributed by atoms with Crippen molar-refractivity contribution in [2.45, 2.75) is 44.8 Å². The van der Waals surface area contributed by atoms with Crippen molar-refractivity contribution in [2.75, 3.05) is 0 Å². The Hall–Kier alpha value is -4.34. The Morgan fingerprint density at radius 1 is 1.03 bits per heavy atom. The number of carbonyl (C=O) groups excluding carboxylic acids is 4.